The SMILES string of the molecule is CCc1cc2ccc(I)c(OC)c2s1. The topological polar surface area (TPSA) is 9.23 Å². The van der Waals surface area contributed by atoms with Crippen LogP contribution in [-0.4, -0.2) is 7.11 Å². The number of thiophene rings is 1. The molecule has 0 fully saturated rings. The molecule has 1 aromatic carbocycles. The van der Waals surface area contributed by atoms with Crippen molar-refractivity contribution in [2.75, 3.05) is 7.11 Å². The molecule has 1 heterocycles. The predicted molar refractivity (Wildman–Crippen MR) is 70.5 cm³/mol. The molecule has 0 aliphatic heterocycles. The molecule has 0 aliphatic carbocycles. The Morgan fingerprint density at radius 2 is 2.21 bits per heavy atom. The summed E-state index contributed by atoms with van der Waals surface area (Å²) in [5, 5.41) is 1.30. The molecule has 0 N–H and O–H groups in total. The van der Waals surface area contributed by atoms with Gasteiger partial charge in [0.1, 0.15) is 5.75 Å². The van der Waals surface area contributed by atoms with Crippen LogP contribution >= 0.6 is 33.9 Å². The molecule has 0 unspecified atom stereocenters. The first-order valence-corrected chi connectivity index (χ1v) is 6.40. The standard InChI is InChI=1S/C11H11IOS/c1-3-8-6-7-4-5-9(12)10(13-2)11(7)14-8/h4-6H,3H2,1-2H3. The molecule has 1 aromatic heterocycles. The van der Waals surface area contributed by atoms with E-state index >= 15 is 0 Å². The highest BCUT2D eigenvalue weighted by atomic mass is 127. The van der Waals surface area contributed by atoms with E-state index in [-0.39, 0.29) is 0 Å². The monoisotopic (exact) mass is 318 g/mol. The second-order valence-electron chi connectivity index (χ2n) is 3.07. The fraction of sp³-hybridized carbons (Fsp3) is 0.273. The first-order chi connectivity index (χ1) is 6.76. The van der Waals surface area contributed by atoms with Crippen molar-refractivity contribution >= 4 is 44.0 Å². The lowest BCUT2D eigenvalue weighted by atomic mass is 10.2. The van der Waals surface area contributed by atoms with Gasteiger partial charge in [-0.3, -0.25) is 0 Å². The minimum absolute atomic E-state index is 1.02. The maximum atomic E-state index is 5.42. The Labute approximate surface area is 101 Å². The van der Waals surface area contributed by atoms with Crippen LogP contribution in [0, 0.1) is 3.57 Å². The van der Waals surface area contributed by atoms with Gasteiger partial charge in [-0.1, -0.05) is 13.0 Å². The number of hydrogen-bond acceptors (Lipinski definition) is 2. The van der Waals surface area contributed by atoms with Gasteiger partial charge in [-0.05, 0) is 46.5 Å². The molecule has 0 atom stereocenters. The van der Waals surface area contributed by atoms with Crippen molar-refractivity contribution in [2.24, 2.45) is 0 Å². The van der Waals surface area contributed by atoms with Gasteiger partial charge < -0.3 is 4.74 Å². The maximum Gasteiger partial charge on any atom is 0.149 e. The van der Waals surface area contributed by atoms with Gasteiger partial charge in [-0.15, -0.1) is 11.3 Å². The number of halogens is 1. The Morgan fingerprint density at radius 1 is 1.43 bits per heavy atom. The summed E-state index contributed by atoms with van der Waals surface area (Å²) >= 11 is 4.14. The third-order valence-corrected chi connectivity index (χ3v) is 4.34. The molecule has 1 nitrogen and oxygen atoms in total. The Balaban J connectivity index is 2.73. The van der Waals surface area contributed by atoms with Crippen molar-refractivity contribution in [3.63, 3.8) is 0 Å². The minimum Gasteiger partial charge on any atom is -0.494 e. The van der Waals surface area contributed by atoms with Crippen molar-refractivity contribution < 1.29 is 4.74 Å². The second-order valence-corrected chi connectivity index (χ2v) is 5.36. The molecule has 0 aliphatic rings. The van der Waals surface area contributed by atoms with Crippen molar-refractivity contribution in [1.82, 2.24) is 0 Å². The first kappa shape index (κ1) is 10.2. The van der Waals surface area contributed by atoms with Gasteiger partial charge in [0.2, 0.25) is 0 Å². The smallest absolute Gasteiger partial charge is 0.149 e. The number of methoxy groups -OCH3 is 1. The lowest BCUT2D eigenvalue weighted by Crippen LogP contribution is -1.85. The summed E-state index contributed by atoms with van der Waals surface area (Å²) in [6.45, 7) is 2.18. The van der Waals surface area contributed by atoms with Gasteiger partial charge in [0.05, 0.1) is 15.4 Å². The van der Waals surface area contributed by atoms with Gasteiger partial charge >= 0.3 is 0 Å². The zero-order chi connectivity index (χ0) is 10.1. The number of fused-ring (bicyclic) bond motifs is 1. The molecule has 0 saturated heterocycles. The summed E-state index contributed by atoms with van der Waals surface area (Å²) < 4.78 is 7.88. The van der Waals surface area contributed by atoms with E-state index in [9.17, 15) is 0 Å². The fourth-order valence-corrected chi connectivity index (χ4v) is 3.45. The molecule has 0 amide bonds. The van der Waals surface area contributed by atoms with Crippen LogP contribution in [0.5, 0.6) is 5.75 Å². The molecular weight excluding hydrogens is 307 g/mol. The van der Waals surface area contributed by atoms with Crippen molar-refractivity contribution in [2.45, 2.75) is 13.3 Å². The van der Waals surface area contributed by atoms with Crippen LogP contribution in [0.2, 0.25) is 0 Å². The summed E-state index contributed by atoms with van der Waals surface area (Å²) in [5.74, 6) is 1.02. The molecular formula is C11H11IOS. The number of hydrogen-bond donors (Lipinski definition) is 0. The van der Waals surface area contributed by atoms with Crippen LogP contribution in [0.15, 0.2) is 18.2 Å². The zero-order valence-corrected chi connectivity index (χ0v) is 11.1. The summed E-state index contributed by atoms with van der Waals surface area (Å²) in [4.78, 5) is 1.42. The molecule has 2 rings (SSSR count). The van der Waals surface area contributed by atoms with Crippen molar-refractivity contribution in [3.05, 3.63) is 26.6 Å². The summed E-state index contributed by atoms with van der Waals surface area (Å²) in [7, 11) is 1.74. The molecule has 0 spiro atoms. The molecule has 74 valence electrons. The summed E-state index contributed by atoms with van der Waals surface area (Å²) in [5.41, 5.74) is 0. The van der Waals surface area contributed by atoms with Crippen LogP contribution < -0.4 is 4.74 Å². The average molecular weight is 318 g/mol. The van der Waals surface area contributed by atoms with E-state index in [1.807, 2.05) is 11.3 Å². The minimum atomic E-state index is 1.02. The van der Waals surface area contributed by atoms with E-state index in [2.05, 4.69) is 47.7 Å². The Bertz CT molecular complexity index is 462. The fourth-order valence-electron chi connectivity index (χ4n) is 1.47. The van der Waals surface area contributed by atoms with E-state index in [0.717, 1.165) is 12.2 Å². The van der Waals surface area contributed by atoms with E-state index < -0.39 is 0 Å². The van der Waals surface area contributed by atoms with Gasteiger partial charge in [0, 0.05) is 4.88 Å². The van der Waals surface area contributed by atoms with E-state index in [0.29, 0.717) is 0 Å². The van der Waals surface area contributed by atoms with Crippen LogP contribution in [0.3, 0.4) is 0 Å². The molecule has 3 heteroatoms. The third kappa shape index (κ3) is 1.63. The molecule has 0 saturated carbocycles. The highest BCUT2D eigenvalue weighted by molar-refractivity contribution is 14.1. The zero-order valence-electron chi connectivity index (χ0n) is 8.13. The summed E-state index contributed by atoms with van der Waals surface area (Å²) in [6, 6.07) is 6.52. The van der Waals surface area contributed by atoms with E-state index in [1.165, 1.54) is 18.5 Å². The molecule has 0 bridgehead atoms. The van der Waals surface area contributed by atoms with Gasteiger partial charge in [-0.25, -0.2) is 0 Å². The number of benzene rings is 1. The molecule has 14 heavy (non-hydrogen) atoms. The quantitative estimate of drug-likeness (QED) is 0.758. The number of aryl methyl sites for hydroxylation is 1. The van der Waals surface area contributed by atoms with Crippen LogP contribution in [0.4, 0.5) is 0 Å². The van der Waals surface area contributed by atoms with Gasteiger partial charge in [0.15, 0.2) is 0 Å². The maximum absolute atomic E-state index is 5.42. The van der Waals surface area contributed by atoms with Crippen molar-refractivity contribution in [3.8, 4) is 5.75 Å². The van der Waals surface area contributed by atoms with Crippen molar-refractivity contribution in [1.29, 1.82) is 0 Å². The normalized spacial score (nSPS) is 10.8. The Hall–Kier alpha value is -0.290. The molecule has 0 radical (unpaired) electrons. The second kappa shape index (κ2) is 4.06. The Kier molecular flexibility index (Phi) is 2.97. The van der Waals surface area contributed by atoms with Gasteiger partial charge in [-0.2, -0.15) is 0 Å². The van der Waals surface area contributed by atoms with Crippen LogP contribution in [0.1, 0.15) is 11.8 Å². The van der Waals surface area contributed by atoms with E-state index in [1.54, 1.807) is 7.11 Å². The predicted octanol–water partition coefficient (Wildman–Crippen LogP) is 4.08. The highest BCUT2D eigenvalue weighted by Gasteiger charge is 2.09. The van der Waals surface area contributed by atoms with E-state index in [4.69, 9.17) is 4.74 Å². The third-order valence-electron chi connectivity index (χ3n) is 2.20. The largest absolute Gasteiger partial charge is 0.494 e. The van der Waals surface area contributed by atoms with Crippen LogP contribution in [0.25, 0.3) is 10.1 Å². The molecule has 2 aromatic rings. The van der Waals surface area contributed by atoms with Gasteiger partial charge in [0.25, 0.3) is 0 Å². The summed E-state index contributed by atoms with van der Waals surface area (Å²) in [6.07, 6.45) is 1.10. The first-order valence-electron chi connectivity index (χ1n) is 4.51. The average Bonchev–Trinajstić information content (AvgIpc) is 2.60. The van der Waals surface area contributed by atoms with Crippen LogP contribution in [-0.2, 0) is 6.42 Å². The number of rotatable bonds is 2. The lowest BCUT2D eigenvalue weighted by molar-refractivity contribution is 0.417. The number of ether oxygens (including phenoxy) is 1. The lowest BCUT2D eigenvalue weighted by Gasteiger charge is -2.03. The Morgan fingerprint density at radius 3 is 2.86 bits per heavy atom. The highest BCUT2D eigenvalue weighted by Crippen LogP contribution is 2.36.